The highest BCUT2D eigenvalue weighted by molar-refractivity contribution is 6.74. The SMILES string of the molecule is CC(O[Si](C)(C)C(C)(C)C)c1ncc(B2OC(C)(C)C(C)(C)O2)cn1. The van der Waals surface area contributed by atoms with Crippen molar-refractivity contribution < 1.29 is 13.7 Å². The lowest BCUT2D eigenvalue weighted by Crippen LogP contribution is -2.41. The molecule has 1 aliphatic heterocycles. The molecule has 7 heteroatoms. The lowest BCUT2D eigenvalue weighted by molar-refractivity contribution is 0.00578. The number of nitrogens with zero attached hydrogens (tertiary/aromatic N) is 2. The zero-order valence-electron chi connectivity index (χ0n) is 17.4. The molecule has 0 aliphatic carbocycles. The van der Waals surface area contributed by atoms with E-state index >= 15 is 0 Å². The van der Waals surface area contributed by atoms with Crippen molar-refractivity contribution in [1.29, 1.82) is 0 Å². The van der Waals surface area contributed by atoms with Gasteiger partial charge in [0.1, 0.15) is 6.10 Å². The van der Waals surface area contributed by atoms with Gasteiger partial charge in [-0.25, -0.2) is 9.97 Å². The fourth-order valence-electron chi connectivity index (χ4n) is 2.33. The zero-order chi connectivity index (χ0) is 19.3. The van der Waals surface area contributed by atoms with Crippen LogP contribution in [-0.4, -0.2) is 36.6 Å². The average Bonchev–Trinajstić information content (AvgIpc) is 2.66. The molecule has 1 atom stereocenters. The molecule has 1 saturated heterocycles. The third-order valence-electron chi connectivity index (χ3n) is 5.86. The van der Waals surface area contributed by atoms with Gasteiger partial charge in [0.15, 0.2) is 14.1 Å². The van der Waals surface area contributed by atoms with Crippen LogP contribution in [-0.2, 0) is 13.7 Å². The smallest absolute Gasteiger partial charge is 0.407 e. The number of hydrogen-bond acceptors (Lipinski definition) is 5. The average molecular weight is 364 g/mol. The maximum atomic E-state index is 6.37. The highest BCUT2D eigenvalue weighted by atomic mass is 28.4. The maximum Gasteiger partial charge on any atom is 0.498 e. The predicted octanol–water partition coefficient (Wildman–Crippen LogP) is 3.86. The molecule has 2 heterocycles. The highest BCUT2D eigenvalue weighted by Gasteiger charge is 2.52. The van der Waals surface area contributed by atoms with E-state index in [2.05, 4.69) is 43.8 Å². The fraction of sp³-hybridized carbons (Fsp3) is 0.778. The normalized spacial score (nSPS) is 21.4. The highest BCUT2D eigenvalue weighted by Crippen LogP contribution is 2.39. The summed E-state index contributed by atoms with van der Waals surface area (Å²) in [6.07, 6.45) is 3.44. The minimum Gasteiger partial charge on any atom is -0.407 e. The van der Waals surface area contributed by atoms with Crippen LogP contribution in [0.15, 0.2) is 12.4 Å². The van der Waals surface area contributed by atoms with E-state index in [4.69, 9.17) is 13.7 Å². The van der Waals surface area contributed by atoms with Crippen LogP contribution < -0.4 is 5.46 Å². The molecular formula is C18H33BN2O3Si. The summed E-state index contributed by atoms with van der Waals surface area (Å²) in [5.41, 5.74) is 0.103. The topological polar surface area (TPSA) is 53.5 Å². The van der Waals surface area contributed by atoms with Gasteiger partial charge in [0.2, 0.25) is 0 Å². The third-order valence-corrected chi connectivity index (χ3v) is 10.4. The molecule has 0 amide bonds. The Morgan fingerprint density at radius 2 is 1.48 bits per heavy atom. The summed E-state index contributed by atoms with van der Waals surface area (Å²) in [5, 5.41) is 0.157. The standard InChI is InChI=1S/C18H33BN2O3Si/c1-13(22-25(9,10)16(2,3)4)15-20-11-14(12-21-15)19-23-17(5,6)18(7,8)24-19/h11-13H,1-10H3. The van der Waals surface area contributed by atoms with Crippen LogP contribution in [0.1, 0.15) is 67.3 Å². The van der Waals surface area contributed by atoms with E-state index in [1.54, 1.807) is 12.4 Å². The molecule has 25 heavy (non-hydrogen) atoms. The van der Waals surface area contributed by atoms with Gasteiger partial charge in [-0.2, -0.15) is 0 Å². The molecule has 0 saturated carbocycles. The summed E-state index contributed by atoms with van der Waals surface area (Å²) >= 11 is 0. The fourth-order valence-corrected chi connectivity index (χ4v) is 3.67. The van der Waals surface area contributed by atoms with Gasteiger partial charge in [0.25, 0.3) is 0 Å². The minimum absolute atomic E-state index is 0.131. The van der Waals surface area contributed by atoms with Gasteiger partial charge < -0.3 is 13.7 Å². The summed E-state index contributed by atoms with van der Waals surface area (Å²) < 4.78 is 18.5. The van der Waals surface area contributed by atoms with Crippen molar-refractivity contribution in [3.8, 4) is 0 Å². The first-order valence-electron chi connectivity index (χ1n) is 9.02. The van der Waals surface area contributed by atoms with E-state index in [1.807, 2.05) is 34.6 Å². The Hall–Kier alpha value is -0.758. The summed E-state index contributed by atoms with van der Waals surface area (Å²) in [6.45, 7) is 21.3. The van der Waals surface area contributed by atoms with Crippen molar-refractivity contribution in [2.75, 3.05) is 0 Å². The first-order valence-corrected chi connectivity index (χ1v) is 11.9. The summed E-state index contributed by atoms with van der Waals surface area (Å²) in [6, 6.07) is 0. The van der Waals surface area contributed by atoms with Crippen molar-refractivity contribution in [3.05, 3.63) is 18.2 Å². The van der Waals surface area contributed by atoms with Crippen LogP contribution in [0.2, 0.25) is 18.1 Å². The van der Waals surface area contributed by atoms with E-state index in [0.29, 0.717) is 5.82 Å². The van der Waals surface area contributed by atoms with E-state index in [9.17, 15) is 0 Å². The molecule has 2 rings (SSSR count). The molecule has 0 aromatic carbocycles. The van der Waals surface area contributed by atoms with Gasteiger partial charge in [0, 0.05) is 17.9 Å². The van der Waals surface area contributed by atoms with Gasteiger partial charge in [-0.3, -0.25) is 0 Å². The van der Waals surface area contributed by atoms with E-state index in [1.165, 1.54) is 0 Å². The van der Waals surface area contributed by atoms with Gasteiger partial charge in [-0.1, -0.05) is 20.8 Å². The van der Waals surface area contributed by atoms with Crippen LogP contribution in [0, 0.1) is 0 Å². The molecule has 1 unspecified atom stereocenters. The lowest BCUT2D eigenvalue weighted by atomic mass is 9.81. The maximum absolute atomic E-state index is 6.37. The molecule has 0 bridgehead atoms. The Labute approximate surface area is 154 Å². The first-order chi connectivity index (χ1) is 11.2. The Morgan fingerprint density at radius 3 is 1.88 bits per heavy atom. The van der Waals surface area contributed by atoms with Crippen LogP contribution in [0.3, 0.4) is 0 Å². The van der Waals surface area contributed by atoms with Crippen LogP contribution in [0.5, 0.6) is 0 Å². The van der Waals surface area contributed by atoms with E-state index < -0.39 is 15.4 Å². The largest absolute Gasteiger partial charge is 0.498 e. The van der Waals surface area contributed by atoms with Crippen LogP contribution in [0.4, 0.5) is 0 Å². The van der Waals surface area contributed by atoms with E-state index in [-0.39, 0.29) is 22.3 Å². The van der Waals surface area contributed by atoms with Crippen molar-refractivity contribution in [2.24, 2.45) is 0 Å². The molecule has 1 aromatic heterocycles. The van der Waals surface area contributed by atoms with Gasteiger partial charge in [0.05, 0.1) is 11.2 Å². The molecule has 1 aliphatic rings. The Bertz CT molecular complexity index is 596. The number of hydrogen-bond donors (Lipinski definition) is 0. The first kappa shape index (κ1) is 20.6. The van der Waals surface area contributed by atoms with Crippen LogP contribution >= 0.6 is 0 Å². The monoisotopic (exact) mass is 364 g/mol. The quantitative estimate of drug-likeness (QED) is 0.760. The second-order valence-electron chi connectivity index (χ2n) is 9.48. The molecule has 140 valence electrons. The zero-order valence-corrected chi connectivity index (χ0v) is 18.4. The molecule has 5 nitrogen and oxygen atoms in total. The van der Waals surface area contributed by atoms with Crippen molar-refractivity contribution in [3.63, 3.8) is 0 Å². The second-order valence-corrected chi connectivity index (χ2v) is 14.2. The van der Waals surface area contributed by atoms with Crippen molar-refractivity contribution in [1.82, 2.24) is 9.97 Å². The Kier molecular flexibility index (Phi) is 5.30. The predicted molar refractivity (Wildman–Crippen MR) is 104 cm³/mol. The lowest BCUT2D eigenvalue weighted by Gasteiger charge is -2.38. The molecule has 0 N–H and O–H groups in total. The number of aromatic nitrogens is 2. The summed E-state index contributed by atoms with van der Waals surface area (Å²) in [5.74, 6) is 0.699. The van der Waals surface area contributed by atoms with Gasteiger partial charge in [-0.15, -0.1) is 0 Å². The summed E-state index contributed by atoms with van der Waals surface area (Å²) in [4.78, 5) is 9.02. The molecule has 0 radical (unpaired) electrons. The second kappa shape index (κ2) is 6.44. The van der Waals surface area contributed by atoms with Gasteiger partial charge in [-0.05, 0) is 52.8 Å². The van der Waals surface area contributed by atoms with Crippen LogP contribution in [0.25, 0.3) is 0 Å². The molecular weight excluding hydrogens is 331 g/mol. The van der Waals surface area contributed by atoms with Gasteiger partial charge >= 0.3 is 7.12 Å². The molecule has 0 spiro atoms. The Balaban J connectivity index is 2.11. The Morgan fingerprint density at radius 1 is 1.04 bits per heavy atom. The summed E-state index contributed by atoms with van der Waals surface area (Å²) in [7, 11) is -2.29. The minimum atomic E-state index is -1.86. The van der Waals surface area contributed by atoms with E-state index in [0.717, 1.165) is 5.46 Å². The number of rotatable bonds is 4. The van der Waals surface area contributed by atoms with Crippen molar-refractivity contribution in [2.45, 2.75) is 90.8 Å². The molecule has 1 fully saturated rings. The van der Waals surface area contributed by atoms with Crippen molar-refractivity contribution >= 4 is 20.9 Å². The molecule has 1 aromatic rings. The third kappa shape index (κ3) is 4.15.